The molecule has 6 heteroatoms. The molecule has 0 bridgehead atoms. The molecule has 2 aromatic heterocycles. The molecule has 4 rings (SSSR count). The summed E-state index contributed by atoms with van der Waals surface area (Å²) in [6.07, 6.45) is 3.31. The number of nitrogens with zero attached hydrogens (tertiary/aromatic N) is 2. The normalized spacial score (nSPS) is 10.6. The number of pyridine rings is 2. The lowest BCUT2D eigenvalue weighted by Crippen LogP contribution is -2.13. The summed E-state index contributed by atoms with van der Waals surface area (Å²) in [5, 5.41) is 7.13. The van der Waals surface area contributed by atoms with Gasteiger partial charge in [-0.1, -0.05) is 24.3 Å². The molecule has 29 heavy (non-hydrogen) atoms. The number of methoxy groups -OCH3 is 1. The summed E-state index contributed by atoms with van der Waals surface area (Å²) < 4.78 is 5.39. The van der Waals surface area contributed by atoms with Gasteiger partial charge in [-0.2, -0.15) is 0 Å². The molecule has 144 valence electrons. The highest BCUT2D eigenvalue weighted by Crippen LogP contribution is 2.28. The van der Waals surface area contributed by atoms with Gasteiger partial charge < -0.3 is 15.4 Å². The standard InChI is InChI=1S/C23H20N4O2/c1-15-8-9-20(29-2)19(13-15)26-21-14-17(10-12-24-21)23(28)27-18-7-3-5-16-6-4-11-25-22(16)18/h3-14H,1-2H3,(H,24,26)(H,27,28). The number of para-hydroxylation sites is 1. The van der Waals surface area contributed by atoms with Gasteiger partial charge in [-0.25, -0.2) is 4.98 Å². The van der Waals surface area contributed by atoms with E-state index in [1.54, 1.807) is 31.6 Å². The summed E-state index contributed by atoms with van der Waals surface area (Å²) in [7, 11) is 1.62. The minimum absolute atomic E-state index is 0.232. The first-order chi connectivity index (χ1) is 14.1. The van der Waals surface area contributed by atoms with Crippen molar-refractivity contribution in [3.05, 3.63) is 84.2 Å². The minimum Gasteiger partial charge on any atom is -0.495 e. The van der Waals surface area contributed by atoms with Gasteiger partial charge in [0.15, 0.2) is 0 Å². The first kappa shape index (κ1) is 18.4. The summed E-state index contributed by atoms with van der Waals surface area (Å²) in [5.74, 6) is 1.02. The van der Waals surface area contributed by atoms with Crippen LogP contribution in [0, 0.1) is 6.92 Å². The SMILES string of the molecule is COc1ccc(C)cc1Nc1cc(C(=O)Nc2cccc3cccnc23)ccn1. The van der Waals surface area contributed by atoms with Crippen molar-refractivity contribution in [1.29, 1.82) is 0 Å². The maximum absolute atomic E-state index is 12.8. The highest BCUT2D eigenvalue weighted by molar-refractivity contribution is 6.08. The fraction of sp³-hybridized carbons (Fsp3) is 0.0870. The van der Waals surface area contributed by atoms with Crippen molar-refractivity contribution < 1.29 is 9.53 Å². The van der Waals surface area contributed by atoms with E-state index < -0.39 is 0 Å². The molecule has 2 N–H and O–H groups in total. The zero-order valence-corrected chi connectivity index (χ0v) is 16.1. The number of amides is 1. The molecule has 1 amide bonds. The minimum atomic E-state index is -0.232. The summed E-state index contributed by atoms with van der Waals surface area (Å²) in [4.78, 5) is 21.5. The Labute approximate surface area is 168 Å². The Morgan fingerprint density at radius 3 is 2.66 bits per heavy atom. The number of fused-ring (bicyclic) bond motifs is 1. The van der Waals surface area contributed by atoms with Crippen LogP contribution in [0.5, 0.6) is 5.75 Å². The lowest BCUT2D eigenvalue weighted by molar-refractivity contribution is 0.102. The molecule has 2 aromatic carbocycles. The predicted molar refractivity (Wildman–Crippen MR) is 115 cm³/mol. The van der Waals surface area contributed by atoms with Gasteiger partial charge in [-0.05, 0) is 48.9 Å². The van der Waals surface area contributed by atoms with Gasteiger partial charge in [0, 0.05) is 23.3 Å². The van der Waals surface area contributed by atoms with E-state index in [0.717, 1.165) is 22.2 Å². The molecule has 0 unspecified atom stereocenters. The average Bonchev–Trinajstić information content (AvgIpc) is 2.74. The molecule has 4 aromatic rings. The summed E-state index contributed by atoms with van der Waals surface area (Å²) in [6, 6.07) is 18.7. The van der Waals surface area contributed by atoms with E-state index in [1.807, 2.05) is 55.5 Å². The van der Waals surface area contributed by atoms with E-state index in [-0.39, 0.29) is 5.91 Å². The lowest BCUT2D eigenvalue weighted by Gasteiger charge is -2.12. The molecule has 0 aliphatic heterocycles. The molecular formula is C23H20N4O2. The third-order valence-corrected chi connectivity index (χ3v) is 4.52. The van der Waals surface area contributed by atoms with Gasteiger partial charge >= 0.3 is 0 Å². The van der Waals surface area contributed by atoms with Crippen LogP contribution >= 0.6 is 0 Å². The topological polar surface area (TPSA) is 76.1 Å². The Morgan fingerprint density at radius 1 is 0.931 bits per heavy atom. The number of anilines is 3. The van der Waals surface area contributed by atoms with Crippen LogP contribution in [0.1, 0.15) is 15.9 Å². The van der Waals surface area contributed by atoms with Gasteiger partial charge in [0.25, 0.3) is 5.91 Å². The number of aromatic nitrogens is 2. The zero-order valence-electron chi connectivity index (χ0n) is 16.1. The first-order valence-corrected chi connectivity index (χ1v) is 9.17. The van der Waals surface area contributed by atoms with E-state index in [4.69, 9.17) is 4.74 Å². The number of carbonyl (C=O) groups is 1. The van der Waals surface area contributed by atoms with Gasteiger partial charge in [-0.15, -0.1) is 0 Å². The summed E-state index contributed by atoms with van der Waals surface area (Å²) >= 11 is 0. The first-order valence-electron chi connectivity index (χ1n) is 9.17. The lowest BCUT2D eigenvalue weighted by atomic mass is 10.1. The highest BCUT2D eigenvalue weighted by Gasteiger charge is 2.11. The predicted octanol–water partition coefficient (Wildman–Crippen LogP) is 4.94. The van der Waals surface area contributed by atoms with Crippen LogP contribution in [0.15, 0.2) is 73.1 Å². The number of ether oxygens (including phenoxy) is 1. The quantitative estimate of drug-likeness (QED) is 0.509. The number of benzene rings is 2. The van der Waals surface area contributed by atoms with Crippen molar-refractivity contribution in [2.75, 3.05) is 17.7 Å². The van der Waals surface area contributed by atoms with Crippen LogP contribution in [0.3, 0.4) is 0 Å². The van der Waals surface area contributed by atoms with Crippen molar-refractivity contribution in [1.82, 2.24) is 9.97 Å². The van der Waals surface area contributed by atoms with Crippen molar-refractivity contribution in [2.24, 2.45) is 0 Å². The molecule has 0 saturated heterocycles. The van der Waals surface area contributed by atoms with Crippen molar-refractivity contribution >= 4 is 34.0 Å². The molecule has 0 aliphatic rings. The van der Waals surface area contributed by atoms with Gasteiger partial charge in [0.1, 0.15) is 11.6 Å². The third-order valence-electron chi connectivity index (χ3n) is 4.52. The molecule has 6 nitrogen and oxygen atoms in total. The Balaban J connectivity index is 1.58. The monoisotopic (exact) mass is 384 g/mol. The van der Waals surface area contributed by atoms with Gasteiger partial charge in [0.2, 0.25) is 0 Å². The Kier molecular flexibility index (Phi) is 5.07. The van der Waals surface area contributed by atoms with E-state index in [9.17, 15) is 4.79 Å². The molecule has 0 atom stereocenters. The second kappa shape index (κ2) is 7.98. The third kappa shape index (κ3) is 4.01. The molecule has 0 radical (unpaired) electrons. The van der Waals surface area contributed by atoms with Crippen LogP contribution in [0.2, 0.25) is 0 Å². The Bertz CT molecular complexity index is 1190. The van der Waals surface area contributed by atoms with Crippen LogP contribution in [-0.4, -0.2) is 23.0 Å². The smallest absolute Gasteiger partial charge is 0.255 e. The second-order valence-corrected chi connectivity index (χ2v) is 6.59. The summed E-state index contributed by atoms with van der Waals surface area (Å²) in [6.45, 7) is 2.00. The number of nitrogens with one attached hydrogen (secondary N) is 2. The molecular weight excluding hydrogens is 364 g/mol. The van der Waals surface area contributed by atoms with Gasteiger partial charge in [-0.3, -0.25) is 9.78 Å². The zero-order chi connectivity index (χ0) is 20.2. The van der Waals surface area contributed by atoms with Crippen LogP contribution in [0.25, 0.3) is 10.9 Å². The molecule has 0 fully saturated rings. The molecule has 2 heterocycles. The largest absolute Gasteiger partial charge is 0.495 e. The Morgan fingerprint density at radius 2 is 1.79 bits per heavy atom. The average molecular weight is 384 g/mol. The van der Waals surface area contributed by atoms with Gasteiger partial charge in [0.05, 0.1) is 24.0 Å². The molecule has 0 aliphatic carbocycles. The highest BCUT2D eigenvalue weighted by atomic mass is 16.5. The van der Waals surface area contributed by atoms with E-state index in [1.165, 1.54) is 0 Å². The van der Waals surface area contributed by atoms with Crippen molar-refractivity contribution in [3.8, 4) is 5.75 Å². The van der Waals surface area contributed by atoms with Crippen LogP contribution < -0.4 is 15.4 Å². The van der Waals surface area contributed by atoms with Crippen molar-refractivity contribution in [3.63, 3.8) is 0 Å². The van der Waals surface area contributed by atoms with Crippen molar-refractivity contribution in [2.45, 2.75) is 6.92 Å². The van der Waals surface area contributed by atoms with E-state index in [2.05, 4.69) is 20.6 Å². The Hall–Kier alpha value is -3.93. The summed E-state index contributed by atoms with van der Waals surface area (Å²) in [5.41, 5.74) is 3.78. The number of carbonyl (C=O) groups excluding carboxylic acids is 1. The van der Waals surface area contributed by atoms with E-state index >= 15 is 0 Å². The van der Waals surface area contributed by atoms with E-state index in [0.29, 0.717) is 22.8 Å². The fourth-order valence-corrected chi connectivity index (χ4v) is 3.10. The number of hydrogen-bond acceptors (Lipinski definition) is 5. The number of aryl methyl sites for hydroxylation is 1. The number of rotatable bonds is 5. The maximum atomic E-state index is 12.8. The maximum Gasteiger partial charge on any atom is 0.255 e. The van der Waals surface area contributed by atoms with Crippen LogP contribution in [-0.2, 0) is 0 Å². The molecule has 0 spiro atoms. The second-order valence-electron chi connectivity index (χ2n) is 6.59. The molecule has 0 saturated carbocycles. The fourth-order valence-electron chi connectivity index (χ4n) is 3.10. The van der Waals surface area contributed by atoms with Crippen LogP contribution in [0.4, 0.5) is 17.2 Å². The number of hydrogen-bond donors (Lipinski definition) is 2.